The average molecular weight is 271 g/mol. The third-order valence-electron chi connectivity index (χ3n) is 3.20. The van der Waals surface area contributed by atoms with Crippen molar-refractivity contribution in [3.63, 3.8) is 0 Å². The van der Waals surface area contributed by atoms with Crippen molar-refractivity contribution in [2.75, 3.05) is 0 Å². The molecule has 0 aliphatic heterocycles. The monoisotopic (exact) mass is 271 g/mol. The van der Waals surface area contributed by atoms with Gasteiger partial charge in [-0.1, -0.05) is 25.1 Å². The number of ether oxygens (including phenoxy) is 2. The first-order valence-corrected chi connectivity index (χ1v) is 6.94. The molecule has 0 spiro atoms. The number of hydrogen-bond acceptors (Lipinski definition) is 3. The van der Waals surface area contributed by atoms with E-state index in [0.29, 0.717) is 0 Å². The third-order valence-corrected chi connectivity index (χ3v) is 3.20. The van der Waals surface area contributed by atoms with Crippen molar-refractivity contribution in [3.8, 4) is 17.2 Å². The summed E-state index contributed by atoms with van der Waals surface area (Å²) in [7, 11) is 0. The Labute approximate surface area is 120 Å². The van der Waals surface area contributed by atoms with E-state index in [1.54, 1.807) is 0 Å². The van der Waals surface area contributed by atoms with Crippen molar-refractivity contribution >= 4 is 0 Å². The van der Waals surface area contributed by atoms with E-state index >= 15 is 0 Å². The fourth-order valence-electron chi connectivity index (χ4n) is 1.84. The van der Waals surface area contributed by atoms with Gasteiger partial charge < -0.3 is 15.2 Å². The minimum Gasteiger partial charge on any atom is -0.489 e. The topological polar surface area (TPSA) is 44.5 Å². The third kappa shape index (κ3) is 4.00. The quantitative estimate of drug-likeness (QED) is 0.864. The second kappa shape index (κ2) is 6.96. The van der Waals surface area contributed by atoms with Gasteiger partial charge >= 0.3 is 0 Å². The standard InChI is InChI=1S/C17H21NO2/c1-3-17(18)13(2)19-15-9-11-16(12-10-15)20-14-7-5-4-6-8-14/h4-13,17H,3,18H2,1-2H3. The predicted octanol–water partition coefficient (Wildman–Crippen LogP) is 3.98. The molecule has 106 valence electrons. The highest BCUT2D eigenvalue weighted by molar-refractivity contribution is 5.35. The minimum atomic E-state index is 0.000826. The molecule has 2 atom stereocenters. The van der Waals surface area contributed by atoms with Gasteiger partial charge in [-0.15, -0.1) is 0 Å². The summed E-state index contributed by atoms with van der Waals surface area (Å²) in [6, 6.07) is 17.3. The van der Waals surface area contributed by atoms with E-state index in [1.165, 1.54) is 0 Å². The molecule has 0 bridgehead atoms. The molecule has 0 saturated carbocycles. The van der Waals surface area contributed by atoms with E-state index in [9.17, 15) is 0 Å². The average Bonchev–Trinajstić information content (AvgIpc) is 2.49. The van der Waals surface area contributed by atoms with E-state index < -0.39 is 0 Å². The van der Waals surface area contributed by atoms with Crippen molar-refractivity contribution in [3.05, 3.63) is 54.6 Å². The normalized spacial score (nSPS) is 13.6. The Balaban J connectivity index is 1.96. The summed E-state index contributed by atoms with van der Waals surface area (Å²) in [5.74, 6) is 2.42. The lowest BCUT2D eigenvalue weighted by molar-refractivity contribution is 0.187. The summed E-state index contributed by atoms with van der Waals surface area (Å²) in [5.41, 5.74) is 5.95. The van der Waals surface area contributed by atoms with Crippen LogP contribution in [0.5, 0.6) is 17.2 Å². The highest BCUT2D eigenvalue weighted by atomic mass is 16.5. The molecule has 0 amide bonds. The molecular formula is C17H21NO2. The van der Waals surface area contributed by atoms with Crippen LogP contribution < -0.4 is 15.2 Å². The molecule has 3 nitrogen and oxygen atoms in total. The fourth-order valence-corrected chi connectivity index (χ4v) is 1.84. The van der Waals surface area contributed by atoms with Crippen LogP contribution in [-0.4, -0.2) is 12.1 Å². The lowest BCUT2D eigenvalue weighted by atomic mass is 10.1. The number of hydrogen-bond donors (Lipinski definition) is 1. The summed E-state index contributed by atoms with van der Waals surface area (Å²) in [4.78, 5) is 0. The molecule has 2 aromatic rings. The first-order valence-electron chi connectivity index (χ1n) is 6.94. The van der Waals surface area contributed by atoms with Crippen LogP contribution in [-0.2, 0) is 0 Å². The zero-order chi connectivity index (χ0) is 14.4. The molecule has 3 heteroatoms. The van der Waals surface area contributed by atoms with E-state index in [1.807, 2.05) is 61.5 Å². The van der Waals surface area contributed by atoms with Gasteiger partial charge in [-0.3, -0.25) is 0 Å². The molecule has 2 N–H and O–H groups in total. The van der Waals surface area contributed by atoms with Crippen molar-refractivity contribution in [2.45, 2.75) is 32.4 Å². The van der Waals surface area contributed by atoms with Gasteiger partial charge in [-0.05, 0) is 49.7 Å². The Bertz CT molecular complexity index is 510. The van der Waals surface area contributed by atoms with Crippen LogP contribution in [0.4, 0.5) is 0 Å². The summed E-state index contributed by atoms with van der Waals surface area (Å²) in [5, 5.41) is 0. The van der Waals surface area contributed by atoms with Crippen molar-refractivity contribution in [2.24, 2.45) is 5.73 Å². The van der Waals surface area contributed by atoms with Gasteiger partial charge in [0.05, 0.1) is 0 Å². The molecule has 2 aromatic carbocycles. The van der Waals surface area contributed by atoms with Gasteiger partial charge in [-0.2, -0.15) is 0 Å². The van der Waals surface area contributed by atoms with Crippen LogP contribution in [0.25, 0.3) is 0 Å². The number of nitrogens with two attached hydrogens (primary N) is 1. The molecular weight excluding hydrogens is 250 g/mol. The maximum Gasteiger partial charge on any atom is 0.127 e. The number of rotatable bonds is 6. The van der Waals surface area contributed by atoms with E-state index in [0.717, 1.165) is 23.7 Å². The molecule has 2 unspecified atom stereocenters. The van der Waals surface area contributed by atoms with Gasteiger partial charge in [-0.25, -0.2) is 0 Å². The van der Waals surface area contributed by atoms with E-state index in [-0.39, 0.29) is 12.1 Å². The Morgan fingerprint density at radius 2 is 1.45 bits per heavy atom. The lowest BCUT2D eigenvalue weighted by Gasteiger charge is -2.20. The Hall–Kier alpha value is -2.00. The molecule has 0 aliphatic rings. The molecule has 20 heavy (non-hydrogen) atoms. The second-order valence-corrected chi connectivity index (χ2v) is 4.78. The Morgan fingerprint density at radius 1 is 0.900 bits per heavy atom. The molecule has 0 aromatic heterocycles. The smallest absolute Gasteiger partial charge is 0.127 e. The summed E-state index contributed by atoms with van der Waals surface area (Å²) in [6.45, 7) is 4.05. The van der Waals surface area contributed by atoms with Crippen molar-refractivity contribution < 1.29 is 9.47 Å². The van der Waals surface area contributed by atoms with E-state index in [2.05, 4.69) is 6.92 Å². The van der Waals surface area contributed by atoms with Crippen molar-refractivity contribution in [1.82, 2.24) is 0 Å². The fraction of sp³-hybridized carbons (Fsp3) is 0.294. The Morgan fingerprint density at radius 3 is 2.05 bits per heavy atom. The van der Waals surface area contributed by atoms with Crippen molar-refractivity contribution in [1.29, 1.82) is 0 Å². The molecule has 0 fully saturated rings. The van der Waals surface area contributed by atoms with Crippen LogP contribution in [0.2, 0.25) is 0 Å². The second-order valence-electron chi connectivity index (χ2n) is 4.78. The van der Waals surface area contributed by atoms with Gasteiger partial charge in [0.1, 0.15) is 23.4 Å². The number of para-hydroxylation sites is 1. The molecule has 0 aliphatic carbocycles. The van der Waals surface area contributed by atoms with Gasteiger partial charge in [0, 0.05) is 6.04 Å². The minimum absolute atomic E-state index is 0.000826. The molecule has 0 radical (unpaired) electrons. The first-order chi connectivity index (χ1) is 9.69. The highest BCUT2D eigenvalue weighted by Crippen LogP contribution is 2.24. The zero-order valence-electron chi connectivity index (χ0n) is 12.0. The predicted molar refractivity (Wildman–Crippen MR) is 81.3 cm³/mol. The van der Waals surface area contributed by atoms with Gasteiger partial charge in [0.2, 0.25) is 0 Å². The number of benzene rings is 2. The lowest BCUT2D eigenvalue weighted by Crippen LogP contribution is -2.35. The van der Waals surface area contributed by atoms with Gasteiger partial charge in [0.25, 0.3) is 0 Å². The maximum absolute atomic E-state index is 5.95. The first kappa shape index (κ1) is 14.4. The van der Waals surface area contributed by atoms with Gasteiger partial charge in [0.15, 0.2) is 0 Å². The SMILES string of the molecule is CCC(N)C(C)Oc1ccc(Oc2ccccc2)cc1. The summed E-state index contributed by atoms with van der Waals surface area (Å²) < 4.78 is 11.5. The van der Waals surface area contributed by atoms with Crippen LogP contribution in [0.15, 0.2) is 54.6 Å². The van der Waals surface area contributed by atoms with E-state index in [4.69, 9.17) is 15.2 Å². The maximum atomic E-state index is 5.95. The van der Waals surface area contributed by atoms with Crippen LogP contribution in [0.3, 0.4) is 0 Å². The molecule has 0 saturated heterocycles. The zero-order valence-corrected chi connectivity index (χ0v) is 12.0. The van der Waals surface area contributed by atoms with Crippen LogP contribution in [0.1, 0.15) is 20.3 Å². The summed E-state index contributed by atoms with van der Waals surface area (Å²) >= 11 is 0. The largest absolute Gasteiger partial charge is 0.489 e. The van der Waals surface area contributed by atoms with Crippen LogP contribution in [0, 0.1) is 0 Å². The van der Waals surface area contributed by atoms with Crippen LogP contribution >= 0.6 is 0 Å². The molecule has 0 heterocycles. The molecule has 2 rings (SSSR count). The highest BCUT2D eigenvalue weighted by Gasteiger charge is 2.12. The summed E-state index contributed by atoms with van der Waals surface area (Å²) in [6.07, 6.45) is 0.900. The Kier molecular flexibility index (Phi) is 5.02.